The molecule has 0 aliphatic heterocycles. The minimum Gasteiger partial charge on any atom is -0.328 e. The first-order chi connectivity index (χ1) is 15.5. The molecule has 5 aromatic rings. The molecule has 32 heavy (non-hydrogen) atoms. The van der Waals surface area contributed by atoms with Crippen LogP contribution in [0.2, 0.25) is 0 Å². The van der Waals surface area contributed by atoms with E-state index in [0.717, 1.165) is 5.56 Å². The Hall–Kier alpha value is -4.06. The Morgan fingerprint density at radius 1 is 0.875 bits per heavy atom. The summed E-state index contributed by atoms with van der Waals surface area (Å²) in [4.78, 5) is 32.0. The lowest BCUT2D eigenvalue weighted by Crippen LogP contribution is -2.31. The lowest BCUT2D eigenvalue weighted by molar-refractivity contribution is 0.614. The third kappa shape index (κ3) is 3.03. The van der Waals surface area contributed by atoms with Crippen molar-refractivity contribution in [1.82, 2.24) is 14.1 Å². The number of aromatic nitrogens is 3. The molecule has 0 amide bonds. The van der Waals surface area contributed by atoms with Gasteiger partial charge in [0.2, 0.25) is 5.43 Å². The zero-order chi connectivity index (χ0) is 22.4. The maximum atomic E-state index is 13.9. The minimum atomic E-state index is -0.419. The fourth-order valence-electron chi connectivity index (χ4n) is 4.21. The summed E-state index contributed by atoms with van der Waals surface area (Å²) in [5.41, 5.74) is 1.72. The van der Waals surface area contributed by atoms with Crippen LogP contribution in [0, 0.1) is 5.82 Å². The summed E-state index contributed by atoms with van der Waals surface area (Å²) < 4.78 is 16.9. The van der Waals surface area contributed by atoms with Crippen LogP contribution in [-0.2, 0) is 7.05 Å². The molecule has 0 radical (unpaired) electrons. The van der Waals surface area contributed by atoms with Gasteiger partial charge >= 0.3 is 0 Å². The summed E-state index contributed by atoms with van der Waals surface area (Å²) in [7, 11) is 1.79. The third-order valence-corrected chi connectivity index (χ3v) is 5.92. The van der Waals surface area contributed by atoms with E-state index >= 15 is 0 Å². The van der Waals surface area contributed by atoms with Crippen molar-refractivity contribution in [3.63, 3.8) is 0 Å². The third-order valence-electron chi connectivity index (χ3n) is 5.92. The van der Waals surface area contributed by atoms with E-state index in [9.17, 15) is 14.0 Å². The summed E-state index contributed by atoms with van der Waals surface area (Å²) in [5, 5.41) is 0.509. The molecule has 6 heteroatoms. The molecule has 5 rings (SSSR count). The van der Waals surface area contributed by atoms with Crippen LogP contribution in [0.5, 0.6) is 0 Å². The number of halogens is 1. The van der Waals surface area contributed by atoms with Crippen LogP contribution >= 0.6 is 0 Å². The molecule has 0 saturated carbocycles. The number of nitrogens with zero attached hydrogens (tertiary/aromatic N) is 3. The number of rotatable bonds is 3. The predicted octanol–water partition coefficient (Wildman–Crippen LogP) is 4.66. The number of para-hydroxylation sites is 1. The SMILES string of the molecule is CC(c1ccccc1)n1c(-c2ccc(F)cc2)nc2c(c(=O)c3ccccc3n2C)c1=O. The fraction of sp³-hybridized carbons (Fsp3) is 0.115. The van der Waals surface area contributed by atoms with E-state index in [1.165, 1.54) is 16.7 Å². The molecule has 2 heterocycles. The summed E-state index contributed by atoms with van der Waals surface area (Å²) >= 11 is 0. The van der Waals surface area contributed by atoms with Gasteiger partial charge in [-0.1, -0.05) is 42.5 Å². The first-order valence-electron chi connectivity index (χ1n) is 10.3. The van der Waals surface area contributed by atoms with Gasteiger partial charge in [-0.3, -0.25) is 14.2 Å². The highest BCUT2D eigenvalue weighted by Crippen LogP contribution is 2.26. The Kier molecular flexibility index (Phi) is 4.70. The van der Waals surface area contributed by atoms with Gasteiger partial charge in [0.05, 0.1) is 11.6 Å². The molecule has 0 spiro atoms. The van der Waals surface area contributed by atoms with Crippen molar-refractivity contribution >= 4 is 21.9 Å². The van der Waals surface area contributed by atoms with Gasteiger partial charge in [-0.15, -0.1) is 0 Å². The first kappa shape index (κ1) is 19.9. The van der Waals surface area contributed by atoms with E-state index in [1.807, 2.05) is 49.4 Å². The quantitative estimate of drug-likeness (QED) is 0.395. The van der Waals surface area contributed by atoms with E-state index in [2.05, 4.69) is 0 Å². The van der Waals surface area contributed by atoms with Crippen molar-refractivity contribution in [2.75, 3.05) is 0 Å². The second-order valence-corrected chi connectivity index (χ2v) is 7.81. The second-order valence-electron chi connectivity index (χ2n) is 7.81. The molecule has 0 bridgehead atoms. The van der Waals surface area contributed by atoms with E-state index in [0.29, 0.717) is 27.9 Å². The van der Waals surface area contributed by atoms with Gasteiger partial charge in [0.15, 0.2) is 5.65 Å². The molecule has 2 aromatic heterocycles. The Bertz CT molecular complexity index is 1590. The number of hydrogen-bond acceptors (Lipinski definition) is 3. The topological polar surface area (TPSA) is 56.9 Å². The van der Waals surface area contributed by atoms with Crippen LogP contribution in [0.3, 0.4) is 0 Å². The number of hydrogen-bond donors (Lipinski definition) is 0. The predicted molar refractivity (Wildman–Crippen MR) is 124 cm³/mol. The number of benzene rings is 3. The molecular weight excluding hydrogens is 405 g/mol. The van der Waals surface area contributed by atoms with Crippen LogP contribution < -0.4 is 11.0 Å². The number of pyridine rings is 1. The van der Waals surface area contributed by atoms with E-state index < -0.39 is 11.6 Å². The Morgan fingerprint density at radius 3 is 2.25 bits per heavy atom. The summed E-state index contributed by atoms with van der Waals surface area (Å²) in [6.45, 7) is 1.89. The summed E-state index contributed by atoms with van der Waals surface area (Å²) in [5.74, 6) is 0.00192. The van der Waals surface area contributed by atoms with Crippen LogP contribution in [0.15, 0.2) is 88.5 Å². The molecule has 1 atom stereocenters. The van der Waals surface area contributed by atoms with Gasteiger partial charge in [-0.25, -0.2) is 9.37 Å². The molecular formula is C26H20FN3O2. The normalized spacial score (nSPS) is 12.3. The standard InChI is InChI=1S/C26H20FN3O2/c1-16(17-8-4-3-5-9-17)30-24(18-12-14-19(27)15-13-18)28-25-22(26(30)32)23(31)20-10-6-7-11-21(20)29(25)2/h3-16H,1-2H3. The highest BCUT2D eigenvalue weighted by Gasteiger charge is 2.22. The Labute approximate surface area is 183 Å². The summed E-state index contributed by atoms with van der Waals surface area (Å²) in [6, 6.07) is 22.2. The highest BCUT2D eigenvalue weighted by atomic mass is 19.1. The van der Waals surface area contributed by atoms with Gasteiger partial charge in [-0.05, 0) is 48.9 Å². The van der Waals surface area contributed by atoms with Gasteiger partial charge in [0, 0.05) is 18.0 Å². The minimum absolute atomic E-state index is 0.0415. The Balaban J connectivity index is 1.95. The van der Waals surface area contributed by atoms with Crippen molar-refractivity contribution in [3.8, 4) is 11.4 Å². The molecule has 0 fully saturated rings. The van der Waals surface area contributed by atoms with Crippen molar-refractivity contribution in [2.24, 2.45) is 7.05 Å². The van der Waals surface area contributed by atoms with Crippen molar-refractivity contribution in [1.29, 1.82) is 0 Å². The van der Waals surface area contributed by atoms with Crippen LogP contribution in [0.1, 0.15) is 18.5 Å². The molecule has 1 unspecified atom stereocenters. The van der Waals surface area contributed by atoms with E-state index in [1.54, 1.807) is 35.9 Å². The maximum Gasteiger partial charge on any atom is 0.267 e. The zero-order valence-electron chi connectivity index (χ0n) is 17.6. The fourth-order valence-corrected chi connectivity index (χ4v) is 4.21. The van der Waals surface area contributed by atoms with Crippen molar-refractivity contribution < 1.29 is 4.39 Å². The smallest absolute Gasteiger partial charge is 0.267 e. The molecule has 0 N–H and O–H groups in total. The molecule has 3 aromatic carbocycles. The van der Waals surface area contributed by atoms with Crippen molar-refractivity contribution in [2.45, 2.75) is 13.0 Å². The molecule has 158 valence electrons. The maximum absolute atomic E-state index is 13.9. The lowest BCUT2D eigenvalue weighted by atomic mass is 10.1. The zero-order valence-corrected chi connectivity index (χ0v) is 17.6. The largest absolute Gasteiger partial charge is 0.328 e. The average molecular weight is 425 g/mol. The van der Waals surface area contributed by atoms with Crippen LogP contribution in [-0.4, -0.2) is 14.1 Å². The Morgan fingerprint density at radius 2 is 1.53 bits per heavy atom. The van der Waals surface area contributed by atoms with Gasteiger partial charge in [0.25, 0.3) is 5.56 Å². The second kappa shape index (κ2) is 7.57. The molecule has 0 saturated heterocycles. The lowest BCUT2D eigenvalue weighted by Gasteiger charge is -2.21. The van der Waals surface area contributed by atoms with Crippen molar-refractivity contribution in [3.05, 3.63) is 111 Å². The van der Waals surface area contributed by atoms with Gasteiger partial charge < -0.3 is 4.57 Å². The van der Waals surface area contributed by atoms with Crippen LogP contribution in [0.25, 0.3) is 33.3 Å². The monoisotopic (exact) mass is 425 g/mol. The van der Waals surface area contributed by atoms with Gasteiger partial charge in [-0.2, -0.15) is 0 Å². The average Bonchev–Trinajstić information content (AvgIpc) is 2.82. The summed E-state index contributed by atoms with van der Waals surface area (Å²) in [6.07, 6.45) is 0. The molecule has 0 aliphatic rings. The first-order valence-corrected chi connectivity index (χ1v) is 10.3. The molecule has 0 aliphatic carbocycles. The van der Waals surface area contributed by atoms with E-state index in [4.69, 9.17) is 4.98 Å². The van der Waals surface area contributed by atoms with E-state index in [-0.39, 0.29) is 16.6 Å². The van der Waals surface area contributed by atoms with Crippen LogP contribution in [0.4, 0.5) is 4.39 Å². The molecule has 5 nitrogen and oxygen atoms in total. The van der Waals surface area contributed by atoms with Gasteiger partial charge in [0.1, 0.15) is 17.0 Å². The highest BCUT2D eigenvalue weighted by molar-refractivity contribution is 5.92. The number of aryl methyl sites for hydroxylation is 1. The number of fused-ring (bicyclic) bond motifs is 2.